The Balaban J connectivity index is 2.37. The molecule has 0 bridgehead atoms. The van der Waals surface area contributed by atoms with Crippen molar-refractivity contribution in [2.45, 2.75) is 77.0 Å². The summed E-state index contributed by atoms with van der Waals surface area (Å²) in [7, 11) is 0. The number of carbonyl (C=O) groups is 2. The number of aryl methyl sites for hydroxylation is 1. The van der Waals surface area contributed by atoms with E-state index in [1.165, 1.54) is 5.56 Å². The second kappa shape index (κ2) is 8.46. The average molecular weight is 330 g/mol. The van der Waals surface area contributed by atoms with Gasteiger partial charge in [0.25, 0.3) is 0 Å². The molecule has 2 rings (SSSR count). The highest BCUT2D eigenvalue weighted by Crippen LogP contribution is 2.44. The fourth-order valence-electron chi connectivity index (χ4n) is 4.11. The normalized spacial score (nSPS) is 23.8. The number of hydrogen-bond donors (Lipinski definition) is 1. The van der Waals surface area contributed by atoms with Crippen LogP contribution in [0.25, 0.3) is 0 Å². The molecule has 0 spiro atoms. The van der Waals surface area contributed by atoms with Crippen LogP contribution in [0.15, 0.2) is 24.3 Å². The summed E-state index contributed by atoms with van der Waals surface area (Å²) in [6.07, 6.45) is 7.11. The molecule has 0 atom stereocenters. The summed E-state index contributed by atoms with van der Waals surface area (Å²) in [5.74, 6) is -0.696. The van der Waals surface area contributed by atoms with Crippen molar-refractivity contribution in [3.63, 3.8) is 0 Å². The molecule has 3 nitrogen and oxygen atoms in total. The van der Waals surface area contributed by atoms with E-state index in [0.29, 0.717) is 37.9 Å². The first-order valence-corrected chi connectivity index (χ1v) is 9.39. The lowest BCUT2D eigenvalue weighted by molar-refractivity contribution is -0.144. The minimum absolute atomic E-state index is 0.296. The zero-order valence-corrected chi connectivity index (χ0v) is 15.0. The Kier molecular flexibility index (Phi) is 6.59. The number of ketones is 1. The highest BCUT2D eigenvalue weighted by molar-refractivity contribution is 5.91. The predicted molar refractivity (Wildman–Crippen MR) is 96.2 cm³/mol. The molecule has 0 saturated heterocycles. The van der Waals surface area contributed by atoms with Gasteiger partial charge in [0, 0.05) is 6.42 Å². The van der Waals surface area contributed by atoms with E-state index >= 15 is 0 Å². The molecule has 1 aromatic carbocycles. The van der Waals surface area contributed by atoms with Crippen molar-refractivity contribution in [2.24, 2.45) is 5.92 Å². The van der Waals surface area contributed by atoms with E-state index in [1.54, 1.807) is 0 Å². The lowest BCUT2D eigenvalue weighted by atomic mass is 9.62. The second-order valence-electron chi connectivity index (χ2n) is 7.13. The van der Waals surface area contributed by atoms with E-state index in [0.717, 1.165) is 31.2 Å². The first-order valence-electron chi connectivity index (χ1n) is 9.39. The molecule has 132 valence electrons. The minimum atomic E-state index is -0.716. The van der Waals surface area contributed by atoms with Crippen LogP contribution in [0.4, 0.5) is 0 Å². The van der Waals surface area contributed by atoms with Crippen molar-refractivity contribution >= 4 is 11.8 Å². The fourth-order valence-corrected chi connectivity index (χ4v) is 4.11. The van der Waals surface area contributed by atoms with Gasteiger partial charge in [-0.25, -0.2) is 0 Å². The van der Waals surface area contributed by atoms with Gasteiger partial charge in [-0.15, -0.1) is 0 Å². The van der Waals surface area contributed by atoms with Gasteiger partial charge in [-0.3, -0.25) is 9.59 Å². The van der Waals surface area contributed by atoms with Gasteiger partial charge in [-0.2, -0.15) is 0 Å². The van der Waals surface area contributed by atoms with Crippen molar-refractivity contribution in [2.75, 3.05) is 0 Å². The molecule has 1 aromatic rings. The van der Waals surface area contributed by atoms with Gasteiger partial charge in [-0.05, 0) is 49.7 Å². The molecular weight excluding hydrogens is 300 g/mol. The van der Waals surface area contributed by atoms with Crippen molar-refractivity contribution in [1.29, 1.82) is 0 Å². The minimum Gasteiger partial charge on any atom is -0.481 e. The molecule has 1 fully saturated rings. The molecule has 0 radical (unpaired) electrons. The fraction of sp³-hybridized carbons (Fsp3) is 0.619. The Morgan fingerprint density at radius 1 is 1.12 bits per heavy atom. The molecular formula is C21H30O3. The average Bonchev–Trinajstić information content (AvgIpc) is 2.60. The number of unbranched alkanes of at least 4 members (excludes halogenated alkanes) is 1. The van der Waals surface area contributed by atoms with E-state index < -0.39 is 11.4 Å². The molecule has 24 heavy (non-hydrogen) atoms. The number of rotatable bonds is 8. The van der Waals surface area contributed by atoms with Crippen LogP contribution >= 0.6 is 0 Å². The monoisotopic (exact) mass is 330 g/mol. The Hall–Kier alpha value is -1.64. The van der Waals surface area contributed by atoms with Gasteiger partial charge >= 0.3 is 5.97 Å². The topological polar surface area (TPSA) is 54.4 Å². The van der Waals surface area contributed by atoms with Crippen LogP contribution in [-0.2, 0) is 21.4 Å². The third-order valence-electron chi connectivity index (χ3n) is 5.53. The number of hydrogen-bond acceptors (Lipinski definition) is 2. The summed E-state index contributed by atoms with van der Waals surface area (Å²) in [5, 5.41) is 9.31. The van der Waals surface area contributed by atoms with Gasteiger partial charge in [0.15, 0.2) is 0 Å². The standard InChI is InChI=1S/C21H30O3/c1-3-5-11-19(22)21(14-12-17(13-15-21)20(23)24)18-10-7-6-9-16(18)8-4-2/h6-7,9-10,17H,3-5,8,11-15H2,1-2H3,(H,23,24). The van der Waals surface area contributed by atoms with Crippen LogP contribution < -0.4 is 0 Å². The van der Waals surface area contributed by atoms with Crippen LogP contribution in [0.2, 0.25) is 0 Å². The summed E-state index contributed by atoms with van der Waals surface area (Å²) in [4.78, 5) is 24.5. The van der Waals surface area contributed by atoms with Gasteiger partial charge in [0.1, 0.15) is 5.78 Å². The summed E-state index contributed by atoms with van der Waals surface area (Å²) in [6.45, 7) is 4.26. The second-order valence-corrected chi connectivity index (χ2v) is 7.13. The van der Waals surface area contributed by atoms with Crippen molar-refractivity contribution in [3.05, 3.63) is 35.4 Å². The number of carboxylic acid groups (broad SMARTS) is 1. The highest BCUT2D eigenvalue weighted by atomic mass is 16.4. The molecule has 3 heteroatoms. The number of carbonyl (C=O) groups excluding carboxylic acids is 1. The van der Waals surface area contributed by atoms with Crippen LogP contribution in [0.3, 0.4) is 0 Å². The quantitative estimate of drug-likeness (QED) is 0.736. The summed E-state index contributed by atoms with van der Waals surface area (Å²) < 4.78 is 0. The maximum Gasteiger partial charge on any atom is 0.306 e. The van der Waals surface area contributed by atoms with Crippen molar-refractivity contribution in [1.82, 2.24) is 0 Å². The molecule has 1 aliphatic carbocycles. The molecule has 0 aromatic heterocycles. The van der Waals surface area contributed by atoms with Crippen molar-refractivity contribution in [3.8, 4) is 0 Å². The molecule has 1 saturated carbocycles. The van der Waals surface area contributed by atoms with E-state index in [9.17, 15) is 14.7 Å². The predicted octanol–water partition coefficient (Wildman–Crippen LogP) is 4.91. The Morgan fingerprint density at radius 2 is 1.79 bits per heavy atom. The molecule has 0 unspecified atom stereocenters. The smallest absolute Gasteiger partial charge is 0.306 e. The van der Waals surface area contributed by atoms with Gasteiger partial charge in [-0.1, -0.05) is 51.0 Å². The summed E-state index contributed by atoms with van der Waals surface area (Å²) in [6, 6.07) is 8.31. The van der Waals surface area contributed by atoms with Crippen LogP contribution in [0, 0.1) is 5.92 Å². The third-order valence-corrected chi connectivity index (χ3v) is 5.53. The van der Waals surface area contributed by atoms with Crippen LogP contribution in [0.1, 0.15) is 76.3 Å². The Bertz CT molecular complexity index is 568. The number of aliphatic carboxylic acids is 1. The number of carboxylic acids is 1. The van der Waals surface area contributed by atoms with Crippen molar-refractivity contribution < 1.29 is 14.7 Å². The highest BCUT2D eigenvalue weighted by Gasteiger charge is 2.44. The van der Waals surface area contributed by atoms with E-state index in [-0.39, 0.29) is 5.92 Å². The molecule has 0 heterocycles. The van der Waals surface area contributed by atoms with Gasteiger partial charge in [0.05, 0.1) is 11.3 Å². The van der Waals surface area contributed by atoms with Crippen LogP contribution in [-0.4, -0.2) is 16.9 Å². The lowest BCUT2D eigenvalue weighted by Gasteiger charge is -2.40. The first-order chi connectivity index (χ1) is 11.5. The zero-order chi connectivity index (χ0) is 17.6. The van der Waals surface area contributed by atoms with E-state index in [4.69, 9.17) is 0 Å². The van der Waals surface area contributed by atoms with E-state index in [2.05, 4.69) is 26.0 Å². The number of Topliss-reactive ketones (excluding diaryl/α,β-unsaturated/α-hetero) is 1. The maximum absolute atomic E-state index is 13.2. The largest absolute Gasteiger partial charge is 0.481 e. The number of benzene rings is 1. The molecule has 0 aliphatic heterocycles. The zero-order valence-electron chi connectivity index (χ0n) is 15.0. The SMILES string of the molecule is CCCCC(=O)C1(c2ccccc2CCC)CCC(C(=O)O)CC1. The molecule has 0 amide bonds. The maximum atomic E-state index is 13.2. The van der Waals surface area contributed by atoms with E-state index in [1.807, 2.05) is 12.1 Å². The Labute approximate surface area is 145 Å². The van der Waals surface area contributed by atoms with Gasteiger partial charge < -0.3 is 5.11 Å². The summed E-state index contributed by atoms with van der Waals surface area (Å²) >= 11 is 0. The molecule has 1 N–H and O–H groups in total. The first kappa shape index (κ1) is 18.7. The van der Waals surface area contributed by atoms with Crippen LogP contribution in [0.5, 0.6) is 0 Å². The third kappa shape index (κ3) is 3.88. The summed E-state index contributed by atoms with van der Waals surface area (Å²) in [5.41, 5.74) is 1.96. The Morgan fingerprint density at radius 3 is 2.38 bits per heavy atom. The van der Waals surface area contributed by atoms with Gasteiger partial charge in [0.2, 0.25) is 0 Å². The lowest BCUT2D eigenvalue weighted by Crippen LogP contribution is -2.41. The molecule has 1 aliphatic rings.